The average Bonchev–Trinajstić information content (AvgIpc) is 3.05. The van der Waals surface area contributed by atoms with Gasteiger partial charge in [-0.1, -0.05) is 0 Å². The summed E-state index contributed by atoms with van der Waals surface area (Å²) < 4.78 is 22.5. The highest BCUT2D eigenvalue weighted by atomic mass is 16.8. The first-order valence-electron chi connectivity index (χ1n) is 9.00. The van der Waals surface area contributed by atoms with Crippen molar-refractivity contribution in [3.63, 3.8) is 0 Å². The summed E-state index contributed by atoms with van der Waals surface area (Å²) in [6.45, 7) is -1.05. The van der Waals surface area contributed by atoms with E-state index in [-0.39, 0.29) is 25.6 Å². The second-order valence-corrected chi connectivity index (χ2v) is 6.83. The minimum Gasteiger partial charge on any atom is -0.394 e. The first-order chi connectivity index (χ1) is 13.8. The Kier molecular flexibility index (Phi) is 7.15. The van der Waals surface area contributed by atoms with Gasteiger partial charge in [0.15, 0.2) is 6.29 Å². The molecular formula is C16H25N3O10. The number of ether oxygens (including phenoxy) is 4. The van der Waals surface area contributed by atoms with Crippen LogP contribution in [-0.2, 0) is 18.9 Å². The van der Waals surface area contributed by atoms with Gasteiger partial charge in [0.05, 0.1) is 19.3 Å². The molecule has 0 saturated carbocycles. The Hall–Kier alpha value is -1.68. The molecule has 29 heavy (non-hydrogen) atoms. The number of hydrogen-bond acceptors (Lipinski definition) is 12. The zero-order chi connectivity index (χ0) is 21.1. The van der Waals surface area contributed by atoms with Crippen molar-refractivity contribution in [1.29, 1.82) is 0 Å². The molecular weight excluding hydrogens is 394 g/mol. The van der Waals surface area contributed by atoms with Gasteiger partial charge in [0.1, 0.15) is 49.4 Å². The highest BCUT2D eigenvalue weighted by Crippen LogP contribution is 2.28. The van der Waals surface area contributed by atoms with Gasteiger partial charge in [-0.05, 0) is 6.07 Å². The topological polar surface area (TPSA) is 199 Å². The number of aliphatic hydroxyl groups excluding tert-OH is 5. The van der Waals surface area contributed by atoms with Gasteiger partial charge in [-0.2, -0.15) is 4.98 Å². The summed E-state index contributed by atoms with van der Waals surface area (Å²) in [5.41, 5.74) is 4.84. The summed E-state index contributed by atoms with van der Waals surface area (Å²) in [5, 5.41) is 48.5. The van der Waals surface area contributed by atoms with Crippen molar-refractivity contribution in [2.75, 3.05) is 25.7 Å². The summed E-state index contributed by atoms with van der Waals surface area (Å²) in [7, 11) is 0. The van der Waals surface area contributed by atoms with E-state index < -0.39 is 61.4 Å². The lowest BCUT2D eigenvalue weighted by Gasteiger charge is -2.39. The van der Waals surface area contributed by atoms with Gasteiger partial charge < -0.3 is 50.2 Å². The zero-order valence-corrected chi connectivity index (χ0v) is 15.4. The molecule has 2 aliphatic heterocycles. The summed E-state index contributed by atoms with van der Waals surface area (Å²) in [6, 6.07) is 1.44. The van der Waals surface area contributed by atoms with Crippen molar-refractivity contribution >= 4 is 5.82 Å². The van der Waals surface area contributed by atoms with Crippen LogP contribution in [0.5, 0.6) is 0 Å². The molecule has 8 atom stereocenters. The van der Waals surface area contributed by atoms with E-state index in [1.165, 1.54) is 16.8 Å². The number of aromatic nitrogens is 2. The second kappa shape index (κ2) is 9.42. The Bertz CT molecular complexity index is 731. The molecule has 3 rings (SSSR count). The smallest absolute Gasteiger partial charge is 0.351 e. The van der Waals surface area contributed by atoms with Crippen molar-refractivity contribution in [3.8, 4) is 0 Å². The fourth-order valence-electron chi connectivity index (χ4n) is 3.17. The standard InChI is InChI=1S/C16H25N3O10/c17-10-1-2-19(16(25)18-10)11-3-7(21)9(28-11)5-26-6-27-15-14(24)13(23)12(22)8(4-20)29-15/h1-2,7-9,11-15,20-24H,3-6H2,(H2,17,18,25)/t7-,8+,9+,11+,12+,13-,14+,15+/m0/s1. The van der Waals surface area contributed by atoms with Gasteiger partial charge >= 0.3 is 5.69 Å². The van der Waals surface area contributed by atoms with Gasteiger partial charge in [0.25, 0.3) is 0 Å². The van der Waals surface area contributed by atoms with E-state index in [1.54, 1.807) is 0 Å². The third-order valence-electron chi connectivity index (χ3n) is 4.81. The minimum absolute atomic E-state index is 0.0787. The van der Waals surface area contributed by atoms with Gasteiger partial charge in [-0.3, -0.25) is 4.57 Å². The summed E-state index contributed by atoms with van der Waals surface area (Å²) in [5.74, 6) is 0.0787. The van der Waals surface area contributed by atoms with E-state index in [9.17, 15) is 25.2 Å². The molecule has 1 aromatic heterocycles. The molecule has 3 heterocycles. The van der Waals surface area contributed by atoms with E-state index in [2.05, 4.69) is 4.98 Å². The Morgan fingerprint density at radius 2 is 1.93 bits per heavy atom. The Morgan fingerprint density at radius 1 is 1.17 bits per heavy atom. The minimum atomic E-state index is -1.56. The molecule has 0 spiro atoms. The van der Waals surface area contributed by atoms with E-state index in [0.29, 0.717) is 0 Å². The normalized spacial score (nSPS) is 37.7. The number of rotatable bonds is 7. The van der Waals surface area contributed by atoms with E-state index >= 15 is 0 Å². The van der Waals surface area contributed by atoms with Crippen LogP contribution in [0.3, 0.4) is 0 Å². The lowest BCUT2D eigenvalue weighted by Crippen LogP contribution is -2.59. The third-order valence-corrected chi connectivity index (χ3v) is 4.81. The van der Waals surface area contributed by atoms with Crippen molar-refractivity contribution in [1.82, 2.24) is 9.55 Å². The van der Waals surface area contributed by atoms with Gasteiger partial charge in [0, 0.05) is 12.6 Å². The van der Waals surface area contributed by atoms with E-state index in [1.807, 2.05) is 0 Å². The molecule has 0 radical (unpaired) electrons. The highest BCUT2D eigenvalue weighted by Gasteiger charge is 2.44. The van der Waals surface area contributed by atoms with Crippen LogP contribution in [0.15, 0.2) is 17.1 Å². The number of hydrogen-bond donors (Lipinski definition) is 6. The Balaban J connectivity index is 1.46. The van der Waals surface area contributed by atoms with Gasteiger partial charge in [-0.15, -0.1) is 0 Å². The fourth-order valence-corrected chi connectivity index (χ4v) is 3.17. The highest BCUT2D eigenvalue weighted by molar-refractivity contribution is 5.23. The molecule has 13 nitrogen and oxygen atoms in total. The molecule has 0 aromatic carbocycles. The average molecular weight is 419 g/mol. The Labute approximate surface area is 164 Å². The third kappa shape index (κ3) is 4.91. The number of nitrogen functional groups attached to an aromatic ring is 1. The quantitative estimate of drug-likeness (QED) is 0.187. The van der Waals surface area contributed by atoms with Crippen LogP contribution in [0.25, 0.3) is 0 Å². The second-order valence-electron chi connectivity index (χ2n) is 6.83. The maximum absolute atomic E-state index is 11.9. The molecule has 13 heteroatoms. The Morgan fingerprint density at radius 3 is 2.62 bits per heavy atom. The van der Waals surface area contributed by atoms with Crippen LogP contribution in [0.1, 0.15) is 12.6 Å². The zero-order valence-electron chi connectivity index (χ0n) is 15.4. The maximum Gasteiger partial charge on any atom is 0.351 e. The van der Waals surface area contributed by atoms with Crippen molar-refractivity contribution < 1.29 is 44.5 Å². The van der Waals surface area contributed by atoms with Crippen LogP contribution in [0.4, 0.5) is 5.82 Å². The van der Waals surface area contributed by atoms with Gasteiger partial charge in [-0.25, -0.2) is 4.79 Å². The molecule has 1 aromatic rings. The molecule has 0 bridgehead atoms. The number of anilines is 1. The molecule has 2 aliphatic rings. The first kappa shape index (κ1) is 22.0. The monoisotopic (exact) mass is 419 g/mol. The lowest BCUT2D eigenvalue weighted by molar-refractivity contribution is -0.317. The first-order valence-corrected chi connectivity index (χ1v) is 9.00. The van der Waals surface area contributed by atoms with Crippen LogP contribution < -0.4 is 11.4 Å². The summed E-state index contributed by atoms with van der Waals surface area (Å²) in [4.78, 5) is 15.5. The lowest BCUT2D eigenvalue weighted by atomic mass is 9.99. The van der Waals surface area contributed by atoms with Crippen molar-refractivity contribution in [2.45, 2.75) is 55.6 Å². The largest absolute Gasteiger partial charge is 0.394 e. The van der Waals surface area contributed by atoms with E-state index in [4.69, 9.17) is 29.8 Å². The number of aliphatic hydroxyl groups is 5. The molecule has 2 fully saturated rings. The molecule has 164 valence electrons. The number of nitrogens with zero attached hydrogens (tertiary/aromatic N) is 2. The van der Waals surface area contributed by atoms with E-state index in [0.717, 1.165) is 0 Å². The molecule has 0 aliphatic carbocycles. The van der Waals surface area contributed by atoms with Crippen LogP contribution in [-0.4, -0.2) is 98.0 Å². The predicted molar refractivity (Wildman–Crippen MR) is 93.1 cm³/mol. The maximum atomic E-state index is 11.9. The SMILES string of the molecule is Nc1ccn([C@H]2C[C@H](O)[C@@H](COCO[C@@H]3O[C@H](CO)[C@@H](O)[C@H](O)[C@H]3O)O2)c(=O)n1. The summed E-state index contributed by atoms with van der Waals surface area (Å²) >= 11 is 0. The number of nitrogens with two attached hydrogens (primary N) is 1. The fraction of sp³-hybridized carbons (Fsp3) is 0.750. The van der Waals surface area contributed by atoms with Crippen molar-refractivity contribution in [3.05, 3.63) is 22.7 Å². The van der Waals surface area contributed by atoms with Crippen LogP contribution >= 0.6 is 0 Å². The predicted octanol–water partition coefficient (Wildman–Crippen LogP) is -3.74. The molecule has 0 unspecified atom stereocenters. The van der Waals surface area contributed by atoms with Crippen molar-refractivity contribution in [2.24, 2.45) is 0 Å². The molecule has 0 amide bonds. The van der Waals surface area contributed by atoms with Crippen LogP contribution in [0, 0.1) is 0 Å². The van der Waals surface area contributed by atoms with Gasteiger partial charge in [0.2, 0.25) is 0 Å². The molecule has 7 N–H and O–H groups in total. The molecule has 2 saturated heterocycles. The van der Waals surface area contributed by atoms with Crippen LogP contribution in [0.2, 0.25) is 0 Å². The summed E-state index contributed by atoms with van der Waals surface area (Å²) in [6.07, 6.45) is -7.82.